The summed E-state index contributed by atoms with van der Waals surface area (Å²) in [5, 5.41) is 3.08. The van der Waals surface area contributed by atoms with Gasteiger partial charge in [0.25, 0.3) is 11.8 Å². The molecule has 0 aliphatic heterocycles. The maximum atomic E-state index is 12.4. The molecule has 1 aliphatic carbocycles. The number of hydrogen-bond donors (Lipinski definition) is 1. The van der Waals surface area contributed by atoms with Crippen LogP contribution in [-0.2, 0) is 0 Å². The van der Waals surface area contributed by atoms with Crippen LogP contribution in [0.25, 0.3) is 0 Å². The van der Waals surface area contributed by atoms with Crippen molar-refractivity contribution in [1.82, 2.24) is 4.90 Å². The molecule has 2 aromatic carbocycles. The van der Waals surface area contributed by atoms with Gasteiger partial charge in [0.1, 0.15) is 5.75 Å². The van der Waals surface area contributed by atoms with Gasteiger partial charge in [0, 0.05) is 25.3 Å². The molecule has 1 saturated carbocycles. The number of nitrogens with zero attached hydrogens (tertiary/aromatic N) is 1. The molecular formula is C20H21ClN2O3. The van der Waals surface area contributed by atoms with Crippen LogP contribution in [0.2, 0.25) is 5.02 Å². The summed E-state index contributed by atoms with van der Waals surface area (Å²) in [7, 11) is 3.32. The minimum Gasteiger partial charge on any atom is -0.493 e. The molecule has 136 valence electrons. The fraction of sp³-hybridized carbons (Fsp3) is 0.300. The first-order chi connectivity index (χ1) is 12.4. The predicted molar refractivity (Wildman–Crippen MR) is 102 cm³/mol. The third-order valence-corrected chi connectivity index (χ3v) is 4.48. The van der Waals surface area contributed by atoms with Crippen molar-refractivity contribution >= 4 is 29.1 Å². The summed E-state index contributed by atoms with van der Waals surface area (Å²) in [6.07, 6.45) is 2.48. The Bertz CT molecular complexity index is 814. The topological polar surface area (TPSA) is 58.6 Å². The van der Waals surface area contributed by atoms with Crippen molar-refractivity contribution < 1.29 is 14.3 Å². The summed E-state index contributed by atoms with van der Waals surface area (Å²) in [6.45, 7) is 0.738. The predicted octanol–water partition coefficient (Wildman–Crippen LogP) is 4.08. The lowest BCUT2D eigenvalue weighted by molar-refractivity contribution is 0.0827. The Morgan fingerprint density at radius 3 is 2.42 bits per heavy atom. The Labute approximate surface area is 157 Å². The minimum absolute atomic E-state index is 0.185. The van der Waals surface area contributed by atoms with Gasteiger partial charge < -0.3 is 15.0 Å². The molecule has 2 aromatic rings. The molecule has 26 heavy (non-hydrogen) atoms. The number of carbonyl (C=O) groups is 2. The number of amides is 2. The van der Waals surface area contributed by atoms with Gasteiger partial charge in [-0.25, -0.2) is 0 Å². The van der Waals surface area contributed by atoms with Gasteiger partial charge in [-0.1, -0.05) is 11.6 Å². The second-order valence-corrected chi connectivity index (χ2v) is 7.03. The van der Waals surface area contributed by atoms with E-state index in [9.17, 15) is 9.59 Å². The van der Waals surface area contributed by atoms with E-state index in [0.717, 1.165) is 12.4 Å². The van der Waals surface area contributed by atoms with Gasteiger partial charge in [0.05, 0.1) is 17.2 Å². The van der Waals surface area contributed by atoms with Gasteiger partial charge in [-0.2, -0.15) is 0 Å². The van der Waals surface area contributed by atoms with E-state index in [0.29, 0.717) is 27.8 Å². The number of ether oxygens (including phenoxy) is 1. The largest absolute Gasteiger partial charge is 0.493 e. The van der Waals surface area contributed by atoms with Crippen molar-refractivity contribution in [2.24, 2.45) is 5.92 Å². The Morgan fingerprint density at radius 2 is 1.85 bits per heavy atom. The molecule has 3 rings (SSSR count). The van der Waals surface area contributed by atoms with Gasteiger partial charge in [-0.3, -0.25) is 9.59 Å². The van der Waals surface area contributed by atoms with Crippen LogP contribution in [0.1, 0.15) is 33.6 Å². The Morgan fingerprint density at radius 1 is 1.15 bits per heavy atom. The highest BCUT2D eigenvalue weighted by Gasteiger charge is 2.21. The maximum absolute atomic E-state index is 12.4. The molecule has 0 radical (unpaired) electrons. The summed E-state index contributed by atoms with van der Waals surface area (Å²) < 4.78 is 5.67. The van der Waals surface area contributed by atoms with Crippen LogP contribution < -0.4 is 10.1 Å². The lowest BCUT2D eigenvalue weighted by Gasteiger charge is -2.13. The monoisotopic (exact) mass is 372 g/mol. The number of anilines is 1. The first-order valence-corrected chi connectivity index (χ1v) is 8.87. The third kappa shape index (κ3) is 4.55. The van der Waals surface area contributed by atoms with Crippen molar-refractivity contribution in [3.63, 3.8) is 0 Å². The number of carbonyl (C=O) groups excluding carboxylic acids is 2. The molecular weight excluding hydrogens is 352 g/mol. The summed E-state index contributed by atoms with van der Waals surface area (Å²) in [6, 6.07) is 11.9. The highest BCUT2D eigenvalue weighted by Crippen LogP contribution is 2.29. The first-order valence-electron chi connectivity index (χ1n) is 8.49. The van der Waals surface area contributed by atoms with Gasteiger partial charge in [-0.15, -0.1) is 0 Å². The van der Waals surface area contributed by atoms with E-state index in [1.54, 1.807) is 56.6 Å². The number of rotatable bonds is 6. The van der Waals surface area contributed by atoms with Crippen molar-refractivity contribution in [2.75, 3.05) is 26.0 Å². The van der Waals surface area contributed by atoms with Gasteiger partial charge >= 0.3 is 0 Å². The number of halogens is 1. The lowest BCUT2D eigenvalue weighted by Crippen LogP contribution is -2.22. The van der Waals surface area contributed by atoms with Gasteiger partial charge in [0.15, 0.2) is 0 Å². The Balaban J connectivity index is 1.63. The van der Waals surface area contributed by atoms with Crippen LogP contribution >= 0.6 is 11.6 Å². The Hall–Kier alpha value is -2.53. The van der Waals surface area contributed by atoms with E-state index in [2.05, 4.69) is 5.32 Å². The average Bonchev–Trinajstić information content (AvgIpc) is 3.44. The smallest absolute Gasteiger partial charge is 0.255 e. The van der Waals surface area contributed by atoms with Crippen LogP contribution in [0.5, 0.6) is 5.75 Å². The fourth-order valence-electron chi connectivity index (χ4n) is 2.41. The van der Waals surface area contributed by atoms with Crippen molar-refractivity contribution in [3.8, 4) is 5.75 Å². The van der Waals surface area contributed by atoms with E-state index < -0.39 is 0 Å². The standard InChI is InChI=1S/C20H21ClN2O3/c1-23(2)20(25)17-10-7-15(11-18(17)21)22-19(24)14-5-8-16(9-6-14)26-12-13-3-4-13/h5-11,13H,3-4,12H2,1-2H3,(H,22,24). The highest BCUT2D eigenvalue weighted by molar-refractivity contribution is 6.34. The van der Waals surface area contributed by atoms with Crippen LogP contribution in [0.4, 0.5) is 5.69 Å². The summed E-state index contributed by atoms with van der Waals surface area (Å²) in [4.78, 5) is 25.8. The molecule has 2 amide bonds. The van der Waals surface area contributed by atoms with Crippen LogP contribution in [-0.4, -0.2) is 37.4 Å². The highest BCUT2D eigenvalue weighted by atomic mass is 35.5. The van der Waals surface area contributed by atoms with E-state index >= 15 is 0 Å². The van der Waals surface area contributed by atoms with Gasteiger partial charge in [-0.05, 0) is 61.2 Å². The zero-order chi connectivity index (χ0) is 18.7. The zero-order valence-electron chi connectivity index (χ0n) is 14.8. The summed E-state index contributed by atoms with van der Waals surface area (Å²) in [5.41, 5.74) is 1.45. The molecule has 1 aliphatic rings. The van der Waals surface area contributed by atoms with Gasteiger partial charge in [0.2, 0.25) is 0 Å². The molecule has 6 heteroatoms. The maximum Gasteiger partial charge on any atom is 0.255 e. The molecule has 0 aromatic heterocycles. The van der Waals surface area contributed by atoms with E-state index in [1.165, 1.54) is 17.7 Å². The average molecular weight is 373 g/mol. The van der Waals surface area contributed by atoms with E-state index in [1.807, 2.05) is 0 Å². The number of benzene rings is 2. The lowest BCUT2D eigenvalue weighted by atomic mass is 10.1. The normalized spacial score (nSPS) is 13.2. The quantitative estimate of drug-likeness (QED) is 0.831. The van der Waals surface area contributed by atoms with Crippen molar-refractivity contribution in [2.45, 2.75) is 12.8 Å². The van der Waals surface area contributed by atoms with Crippen LogP contribution in [0.15, 0.2) is 42.5 Å². The van der Waals surface area contributed by atoms with Crippen molar-refractivity contribution in [1.29, 1.82) is 0 Å². The third-order valence-electron chi connectivity index (χ3n) is 4.16. The molecule has 0 spiro atoms. The number of nitrogens with one attached hydrogen (secondary N) is 1. The molecule has 1 fully saturated rings. The Kier molecular flexibility index (Phi) is 5.47. The van der Waals surface area contributed by atoms with E-state index in [-0.39, 0.29) is 11.8 Å². The molecule has 1 N–H and O–H groups in total. The molecule has 0 atom stereocenters. The molecule has 0 bridgehead atoms. The second kappa shape index (κ2) is 7.79. The molecule has 0 saturated heterocycles. The SMILES string of the molecule is CN(C)C(=O)c1ccc(NC(=O)c2ccc(OCC3CC3)cc2)cc1Cl. The second-order valence-electron chi connectivity index (χ2n) is 6.63. The zero-order valence-corrected chi connectivity index (χ0v) is 15.5. The van der Waals surface area contributed by atoms with Crippen LogP contribution in [0.3, 0.4) is 0 Å². The first kappa shape index (κ1) is 18.3. The van der Waals surface area contributed by atoms with Crippen LogP contribution in [0, 0.1) is 5.92 Å². The minimum atomic E-state index is -0.249. The molecule has 5 nitrogen and oxygen atoms in total. The molecule has 0 unspecified atom stereocenters. The summed E-state index contributed by atoms with van der Waals surface area (Å²) in [5.74, 6) is 1.02. The summed E-state index contributed by atoms with van der Waals surface area (Å²) >= 11 is 6.17. The van der Waals surface area contributed by atoms with E-state index in [4.69, 9.17) is 16.3 Å². The molecule has 0 heterocycles. The van der Waals surface area contributed by atoms with Crippen molar-refractivity contribution in [3.05, 3.63) is 58.6 Å². The number of hydrogen-bond acceptors (Lipinski definition) is 3. The fourth-order valence-corrected chi connectivity index (χ4v) is 2.67.